The van der Waals surface area contributed by atoms with E-state index in [1.807, 2.05) is 50.2 Å². The zero-order chi connectivity index (χ0) is 20.6. The molecule has 29 heavy (non-hydrogen) atoms. The summed E-state index contributed by atoms with van der Waals surface area (Å²) in [6, 6.07) is 16.5. The van der Waals surface area contributed by atoms with Crippen molar-refractivity contribution in [2.75, 3.05) is 13.2 Å². The van der Waals surface area contributed by atoms with Crippen LogP contribution in [0.1, 0.15) is 19.4 Å². The largest absolute Gasteiger partial charge is 0.459 e. The third-order valence-electron chi connectivity index (χ3n) is 5.01. The van der Waals surface area contributed by atoms with Crippen molar-refractivity contribution in [1.29, 1.82) is 0 Å². The molecule has 0 amide bonds. The predicted octanol–water partition coefficient (Wildman–Crippen LogP) is 4.06. The van der Waals surface area contributed by atoms with Crippen molar-refractivity contribution in [3.05, 3.63) is 77.0 Å². The van der Waals surface area contributed by atoms with Crippen LogP contribution in [0.2, 0.25) is 0 Å². The van der Waals surface area contributed by atoms with Crippen molar-refractivity contribution < 1.29 is 19.0 Å². The minimum absolute atomic E-state index is 0.0404. The molecule has 4 rings (SSSR count). The van der Waals surface area contributed by atoms with Gasteiger partial charge in [-0.15, -0.1) is 0 Å². The lowest BCUT2D eigenvalue weighted by molar-refractivity contribution is -0.154. The molecule has 5 heteroatoms. The van der Waals surface area contributed by atoms with E-state index >= 15 is 0 Å². The molecular formula is C24H22O5. The van der Waals surface area contributed by atoms with E-state index in [9.17, 15) is 9.59 Å². The molecule has 3 aromatic rings. The van der Waals surface area contributed by atoms with Gasteiger partial charge in [-0.05, 0) is 42.3 Å². The van der Waals surface area contributed by atoms with Gasteiger partial charge < -0.3 is 14.2 Å². The maximum atomic E-state index is 12.9. The van der Waals surface area contributed by atoms with E-state index in [1.54, 1.807) is 18.2 Å². The van der Waals surface area contributed by atoms with Gasteiger partial charge >= 0.3 is 5.97 Å². The SMILES string of the molecule is C=C(C(=O)OCC1COC(C)(C)O1)c1ccc2c(=O)c3ccccc3ccc2c1. The first kappa shape index (κ1) is 19.3. The normalized spacial score (nSPS) is 18.1. The van der Waals surface area contributed by atoms with Crippen LogP contribution >= 0.6 is 0 Å². The molecule has 1 unspecified atom stereocenters. The number of ether oxygens (including phenoxy) is 3. The highest BCUT2D eigenvalue weighted by Gasteiger charge is 2.33. The number of esters is 1. The van der Waals surface area contributed by atoms with Gasteiger partial charge in [0.05, 0.1) is 12.2 Å². The number of rotatable bonds is 4. The summed E-state index contributed by atoms with van der Waals surface area (Å²) < 4.78 is 16.5. The van der Waals surface area contributed by atoms with Gasteiger partial charge in [0, 0.05) is 10.8 Å². The Morgan fingerprint density at radius 3 is 2.59 bits per heavy atom. The minimum atomic E-state index is -0.665. The van der Waals surface area contributed by atoms with Gasteiger partial charge in [0.1, 0.15) is 12.7 Å². The van der Waals surface area contributed by atoms with Gasteiger partial charge in [-0.1, -0.05) is 49.0 Å². The summed E-state index contributed by atoms with van der Waals surface area (Å²) in [4.78, 5) is 25.3. The molecule has 1 heterocycles. The van der Waals surface area contributed by atoms with Crippen LogP contribution in [0, 0.1) is 0 Å². The Hall–Kier alpha value is -3.02. The summed E-state index contributed by atoms with van der Waals surface area (Å²) in [6.07, 6.45) is -0.298. The lowest BCUT2D eigenvalue weighted by Gasteiger charge is -2.17. The topological polar surface area (TPSA) is 61.8 Å². The Bertz CT molecular complexity index is 1180. The third kappa shape index (κ3) is 3.92. The lowest BCUT2D eigenvalue weighted by Crippen LogP contribution is -2.25. The second-order valence-electron chi connectivity index (χ2n) is 7.58. The molecule has 0 aromatic heterocycles. The van der Waals surface area contributed by atoms with Crippen molar-refractivity contribution in [1.82, 2.24) is 0 Å². The average Bonchev–Trinajstić information content (AvgIpc) is 3.00. The molecule has 0 aliphatic carbocycles. The van der Waals surface area contributed by atoms with Crippen LogP contribution in [0.3, 0.4) is 0 Å². The van der Waals surface area contributed by atoms with Crippen molar-refractivity contribution in [3.63, 3.8) is 0 Å². The van der Waals surface area contributed by atoms with Crippen LogP contribution in [0.25, 0.3) is 27.1 Å². The van der Waals surface area contributed by atoms with Crippen LogP contribution in [-0.2, 0) is 19.0 Å². The molecule has 0 spiro atoms. The van der Waals surface area contributed by atoms with Gasteiger partial charge in [0.2, 0.25) is 0 Å². The fourth-order valence-corrected chi connectivity index (χ4v) is 3.49. The van der Waals surface area contributed by atoms with E-state index in [1.165, 1.54) is 0 Å². The number of hydrogen-bond acceptors (Lipinski definition) is 5. The van der Waals surface area contributed by atoms with Crippen LogP contribution in [-0.4, -0.2) is 31.1 Å². The summed E-state index contributed by atoms with van der Waals surface area (Å²) >= 11 is 0. The lowest BCUT2D eigenvalue weighted by atomic mass is 10.0. The maximum Gasteiger partial charge on any atom is 0.338 e. The summed E-state index contributed by atoms with van der Waals surface area (Å²) in [5.41, 5.74) is 0.802. The second kappa shape index (κ2) is 7.43. The Kier molecular flexibility index (Phi) is 4.94. The van der Waals surface area contributed by atoms with Crippen LogP contribution in [0.5, 0.6) is 0 Å². The minimum Gasteiger partial charge on any atom is -0.459 e. The van der Waals surface area contributed by atoms with E-state index < -0.39 is 11.8 Å². The number of carbonyl (C=O) groups is 1. The van der Waals surface area contributed by atoms with E-state index in [2.05, 4.69) is 6.58 Å². The predicted molar refractivity (Wildman–Crippen MR) is 113 cm³/mol. The Labute approximate surface area is 168 Å². The number of carbonyl (C=O) groups excluding carboxylic acids is 1. The molecule has 3 aromatic carbocycles. The highest BCUT2D eigenvalue weighted by Crippen LogP contribution is 2.24. The molecule has 0 radical (unpaired) electrons. The highest BCUT2D eigenvalue weighted by molar-refractivity contribution is 6.16. The number of hydrogen-bond donors (Lipinski definition) is 0. The first-order valence-corrected chi connectivity index (χ1v) is 9.48. The zero-order valence-electron chi connectivity index (χ0n) is 16.4. The van der Waals surface area contributed by atoms with Crippen molar-refractivity contribution in [3.8, 4) is 0 Å². The van der Waals surface area contributed by atoms with Crippen LogP contribution in [0.4, 0.5) is 0 Å². The van der Waals surface area contributed by atoms with E-state index in [0.717, 1.165) is 10.8 Å². The van der Waals surface area contributed by atoms with E-state index in [-0.39, 0.29) is 23.7 Å². The molecule has 1 atom stereocenters. The first-order chi connectivity index (χ1) is 13.8. The van der Waals surface area contributed by atoms with Gasteiger partial charge in [-0.2, -0.15) is 0 Å². The number of benzene rings is 2. The summed E-state index contributed by atoms with van der Waals surface area (Å²) in [6.45, 7) is 7.98. The molecule has 1 aliphatic heterocycles. The molecule has 5 nitrogen and oxygen atoms in total. The van der Waals surface area contributed by atoms with Crippen molar-refractivity contribution in [2.24, 2.45) is 0 Å². The second-order valence-corrected chi connectivity index (χ2v) is 7.58. The van der Waals surface area contributed by atoms with Crippen LogP contribution < -0.4 is 5.43 Å². The first-order valence-electron chi connectivity index (χ1n) is 9.48. The fraction of sp³-hybridized carbons (Fsp3) is 0.250. The average molecular weight is 390 g/mol. The molecular weight excluding hydrogens is 368 g/mol. The molecule has 0 bridgehead atoms. The van der Waals surface area contributed by atoms with E-state index in [0.29, 0.717) is 22.9 Å². The Balaban J connectivity index is 1.57. The Morgan fingerprint density at radius 1 is 1.10 bits per heavy atom. The monoisotopic (exact) mass is 390 g/mol. The summed E-state index contributed by atoms with van der Waals surface area (Å²) in [7, 11) is 0. The zero-order valence-corrected chi connectivity index (χ0v) is 16.4. The molecule has 1 fully saturated rings. The maximum absolute atomic E-state index is 12.9. The van der Waals surface area contributed by atoms with Crippen molar-refractivity contribution in [2.45, 2.75) is 25.7 Å². The quantitative estimate of drug-likeness (QED) is 0.497. The van der Waals surface area contributed by atoms with Crippen molar-refractivity contribution >= 4 is 33.1 Å². The third-order valence-corrected chi connectivity index (χ3v) is 5.01. The fourth-order valence-electron chi connectivity index (χ4n) is 3.49. The molecule has 0 N–H and O–H groups in total. The standard InChI is InChI=1S/C24H22O5/c1-15(23(26)27-13-19-14-28-24(2,3)29-19)17-10-11-21-18(12-17)9-8-16-6-4-5-7-20(16)22(21)25/h4-12,19H,1,13-14H2,2-3H3. The molecule has 0 saturated carbocycles. The molecule has 1 aliphatic rings. The van der Waals surface area contributed by atoms with Gasteiger partial charge in [-0.25, -0.2) is 4.79 Å². The van der Waals surface area contributed by atoms with Gasteiger partial charge in [0.15, 0.2) is 11.2 Å². The molecule has 1 saturated heterocycles. The van der Waals surface area contributed by atoms with Gasteiger partial charge in [-0.3, -0.25) is 4.79 Å². The Morgan fingerprint density at radius 2 is 1.83 bits per heavy atom. The number of fused-ring (bicyclic) bond motifs is 2. The summed E-state index contributed by atoms with van der Waals surface area (Å²) in [5, 5.41) is 2.87. The smallest absolute Gasteiger partial charge is 0.338 e. The molecule has 148 valence electrons. The summed E-state index contributed by atoms with van der Waals surface area (Å²) in [5.74, 6) is -1.19. The van der Waals surface area contributed by atoms with Crippen LogP contribution in [0.15, 0.2) is 66.0 Å². The van der Waals surface area contributed by atoms with E-state index in [4.69, 9.17) is 14.2 Å². The highest BCUT2D eigenvalue weighted by atomic mass is 16.7. The van der Waals surface area contributed by atoms with Gasteiger partial charge in [0.25, 0.3) is 0 Å².